The van der Waals surface area contributed by atoms with Crippen LogP contribution in [-0.4, -0.2) is 0 Å². The van der Waals surface area contributed by atoms with E-state index in [1.807, 2.05) is 0 Å². The number of aryl methyl sites for hydroxylation is 2. The van der Waals surface area contributed by atoms with E-state index in [1.165, 1.54) is 25.1 Å². The maximum absolute atomic E-state index is 13.9. The molecule has 0 saturated carbocycles. The van der Waals surface area contributed by atoms with Crippen molar-refractivity contribution in [2.75, 3.05) is 0 Å². The third-order valence-electron chi connectivity index (χ3n) is 3.06. The highest BCUT2D eigenvalue weighted by molar-refractivity contribution is 6.22. The van der Waals surface area contributed by atoms with Crippen LogP contribution in [-0.2, 0) is 0 Å². The molecule has 2 aromatic rings. The molecule has 0 N–H and O–H groups in total. The van der Waals surface area contributed by atoms with Crippen LogP contribution in [0.15, 0.2) is 30.3 Å². The molecular formula is C15H12ClF3. The van der Waals surface area contributed by atoms with Crippen molar-refractivity contribution < 1.29 is 13.2 Å². The van der Waals surface area contributed by atoms with Gasteiger partial charge in [-0.25, -0.2) is 13.2 Å². The third kappa shape index (κ3) is 2.76. The summed E-state index contributed by atoms with van der Waals surface area (Å²) in [5, 5.41) is -0.851. The van der Waals surface area contributed by atoms with Gasteiger partial charge < -0.3 is 0 Å². The first-order valence-corrected chi connectivity index (χ1v) is 6.19. The summed E-state index contributed by atoms with van der Waals surface area (Å²) in [6.45, 7) is 3.16. The van der Waals surface area contributed by atoms with Crippen LogP contribution in [0, 0.1) is 31.3 Å². The molecule has 0 aliphatic carbocycles. The van der Waals surface area contributed by atoms with Crippen LogP contribution in [0.4, 0.5) is 13.2 Å². The molecule has 4 heteroatoms. The second-order valence-corrected chi connectivity index (χ2v) is 4.92. The smallest absolute Gasteiger partial charge is 0.128 e. The van der Waals surface area contributed by atoms with E-state index >= 15 is 0 Å². The van der Waals surface area contributed by atoms with Crippen LogP contribution in [0.3, 0.4) is 0 Å². The van der Waals surface area contributed by atoms with E-state index in [1.54, 1.807) is 6.92 Å². The van der Waals surface area contributed by atoms with Gasteiger partial charge >= 0.3 is 0 Å². The normalized spacial score (nSPS) is 12.5. The highest BCUT2D eigenvalue weighted by atomic mass is 35.5. The Labute approximate surface area is 114 Å². The Morgan fingerprint density at radius 1 is 0.842 bits per heavy atom. The van der Waals surface area contributed by atoms with E-state index in [9.17, 15) is 13.2 Å². The minimum absolute atomic E-state index is 0.0551. The topological polar surface area (TPSA) is 0 Å². The SMILES string of the molecule is Cc1cc(F)c(C(Cl)c2ccc(F)cc2C)cc1F. The third-order valence-corrected chi connectivity index (χ3v) is 3.53. The van der Waals surface area contributed by atoms with Crippen molar-refractivity contribution in [3.63, 3.8) is 0 Å². The lowest BCUT2D eigenvalue weighted by molar-refractivity contribution is 0.580. The average molecular weight is 285 g/mol. The molecule has 0 fully saturated rings. The molecule has 2 aromatic carbocycles. The van der Waals surface area contributed by atoms with E-state index in [-0.39, 0.29) is 16.9 Å². The standard InChI is InChI=1S/C15H12ClF3/c1-8-5-10(17)3-4-11(8)15(16)12-7-13(18)9(2)6-14(12)19/h3-7,15H,1-2H3. The van der Waals surface area contributed by atoms with Crippen LogP contribution in [0.2, 0.25) is 0 Å². The Kier molecular flexibility index (Phi) is 3.85. The van der Waals surface area contributed by atoms with Crippen molar-refractivity contribution in [2.45, 2.75) is 19.2 Å². The molecule has 0 saturated heterocycles. The van der Waals surface area contributed by atoms with Crippen LogP contribution >= 0.6 is 11.6 Å². The first-order valence-electron chi connectivity index (χ1n) is 5.76. The quantitative estimate of drug-likeness (QED) is 0.677. The first kappa shape index (κ1) is 13.9. The Hall–Kier alpha value is -1.48. The van der Waals surface area contributed by atoms with Gasteiger partial charge in [0.05, 0.1) is 5.38 Å². The first-order chi connectivity index (χ1) is 8.90. The predicted octanol–water partition coefficient (Wildman–Crippen LogP) is 5.05. The number of halogens is 4. The minimum Gasteiger partial charge on any atom is -0.207 e. The number of rotatable bonds is 2. The maximum atomic E-state index is 13.9. The zero-order valence-corrected chi connectivity index (χ0v) is 11.2. The molecule has 0 aromatic heterocycles. The number of hydrogen-bond donors (Lipinski definition) is 0. The van der Waals surface area contributed by atoms with Gasteiger partial charge in [0.25, 0.3) is 0 Å². The van der Waals surface area contributed by atoms with Crippen molar-refractivity contribution in [3.8, 4) is 0 Å². The van der Waals surface area contributed by atoms with Gasteiger partial charge in [-0.05, 0) is 54.8 Å². The predicted molar refractivity (Wildman–Crippen MR) is 69.9 cm³/mol. The van der Waals surface area contributed by atoms with Gasteiger partial charge in [0.1, 0.15) is 17.5 Å². The molecule has 100 valence electrons. The van der Waals surface area contributed by atoms with Crippen LogP contribution in [0.1, 0.15) is 27.6 Å². The summed E-state index contributed by atoms with van der Waals surface area (Å²) in [5.74, 6) is -1.47. The summed E-state index contributed by atoms with van der Waals surface area (Å²) in [6, 6.07) is 6.25. The molecule has 0 aliphatic heterocycles. The lowest BCUT2D eigenvalue weighted by atomic mass is 9.98. The van der Waals surface area contributed by atoms with Gasteiger partial charge in [-0.2, -0.15) is 0 Å². The van der Waals surface area contributed by atoms with Crippen molar-refractivity contribution in [1.82, 2.24) is 0 Å². The average Bonchev–Trinajstić information content (AvgIpc) is 2.33. The molecule has 19 heavy (non-hydrogen) atoms. The molecule has 0 amide bonds. The molecule has 2 rings (SSSR count). The van der Waals surface area contributed by atoms with Crippen molar-refractivity contribution in [1.29, 1.82) is 0 Å². The monoisotopic (exact) mass is 284 g/mol. The van der Waals surface area contributed by atoms with Crippen LogP contribution < -0.4 is 0 Å². The zero-order valence-electron chi connectivity index (χ0n) is 10.5. The molecule has 0 spiro atoms. The van der Waals surface area contributed by atoms with E-state index in [4.69, 9.17) is 11.6 Å². The van der Waals surface area contributed by atoms with E-state index < -0.39 is 17.0 Å². The molecule has 1 atom stereocenters. The minimum atomic E-state index is -0.851. The van der Waals surface area contributed by atoms with Crippen LogP contribution in [0.5, 0.6) is 0 Å². The number of benzene rings is 2. The Balaban J connectivity index is 2.49. The van der Waals surface area contributed by atoms with Gasteiger partial charge in [-0.15, -0.1) is 11.6 Å². The summed E-state index contributed by atoms with van der Waals surface area (Å²) in [4.78, 5) is 0. The molecule has 1 unspecified atom stereocenters. The highest BCUT2D eigenvalue weighted by Crippen LogP contribution is 2.33. The Morgan fingerprint density at radius 3 is 2.16 bits per heavy atom. The fraction of sp³-hybridized carbons (Fsp3) is 0.200. The van der Waals surface area contributed by atoms with Gasteiger partial charge in [0.2, 0.25) is 0 Å². The number of alkyl halides is 1. The molecular weight excluding hydrogens is 273 g/mol. The largest absolute Gasteiger partial charge is 0.207 e. The fourth-order valence-electron chi connectivity index (χ4n) is 1.95. The highest BCUT2D eigenvalue weighted by Gasteiger charge is 2.19. The lowest BCUT2D eigenvalue weighted by Crippen LogP contribution is -2.02. The Bertz CT molecular complexity index is 623. The summed E-state index contributed by atoms with van der Waals surface area (Å²) in [7, 11) is 0. The van der Waals surface area contributed by atoms with E-state index in [0.717, 1.165) is 12.1 Å². The van der Waals surface area contributed by atoms with Gasteiger partial charge in [0, 0.05) is 5.56 Å². The second kappa shape index (κ2) is 5.25. The molecule has 0 radical (unpaired) electrons. The van der Waals surface area contributed by atoms with E-state index in [0.29, 0.717) is 11.1 Å². The summed E-state index contributed by atoms with van der Waals surface area (Å²) >= 11 is 6.19. The molecule has 0 heterocycles. The second-order valence-electron chi connectivity index (χ2n) is 4.49. The lowest BCUT2D eigenvalue weighted by Gasteiger charge is -2.15. The molecule has 0 nitrogen and oxygen atoms in total. The summed E-state index contributed by atoms with van der Waals surface area (Å²) in [5.41, 5.74) is 1.44. The van der Waals surface area contributed by atoms with Crippen LogP contribution in [0.25, 0.3) is 0 Å². The van der Waals surface area contributed by atoms with E-state index in [2.05, 4.69) is 0 Å². The van der Waals surface area contributed by atoms with Gasteiger partial charge in [-0.1, -0.05) is 6.07 Å². The zero-order chi connectivity index (χ0) is 14.2. The van der Waals surface area contributed by atoms with Gasteiger partial charge in [0.15, 0.2) is 0 Å². The van der Waals surface area contributed by atoms with Crippen molar-refractivity contribution in [3.05, 3.63) is 70.0 Å². The molecule has 0 bridgehead atoms. The number of hydrogen-bond acceptors (Lipinski definition) is 0. The van der Waals surface area contributed by atoms with Crippen molar-refractivity contribution in [2.24, 2.45) is 0 Å². The van der Waals surface area contributed by atoms with Crippen molar-refractivity contribution >= 4 is 11.6 Å². The van der Waals surface area contributed by atoms with Gasteiger partial charge in [-0.3, -0.25) is 0 Å². The summed E-state index contributed by atoms with van der Waals surface area (Å²) < 4.78 is 40.4. The maximum Gasteiger partial charge on any atom is 0.128 e. The molecule has 0 aliphatic rings. The summed E-state index contributed by atoms with van der Waals surface area (Å²) in [6.07, 6.45) is 0. The Morgan fingerprint density at radius 2 is 1.53 bits per heavy atom. The fourth-order valence-corrected chi connectivity index (χ4v) is 2.36.